The van der Waals surface area contributed by atoms with E-state index in [1.807, 2.05) is 36.4 Å². The van der Waals surface area contributed by atoms with Gasteiger partial charge in [-0.3, -0.25) is 4.98 Å². The second-order valence-electron chi connectivity index (χ2n) is 6.74. The molecule has 6 heteroatoms. The van der Waals surface area contributed by atoms with Gasteiger partial charge in [0.15, 0.2) is 0 Å². The molecule has 1 N–H and O–H groups in total. The molecule has 3 heterocycles. The topological polar surface area (TPSA) is 76.2 Å². The second-order valence-corrected chi connectivity index (χ2v) is 6.74. The zero-order valence-electron chi connectivity index (χ0n) is 16.1. The number of hydrogen-bond donors (Lipinski definition) is 1. The summed E-state index contributed by atoms with van der Waals surface area (Å²) in [6.07, 6.45) is 5.71. The first-order chi connectivity index (χ1) is 14.7. The van der Waals surface area contributed by atoms with Gasteiger partial charge in [-0.15, -0.1) is 17.5 Å². The summed E-state index contributed by atoms with van der Waals surface area (Å²) in [5.74, 6) is -0.296. The molecule has 1 radical (unpaired) electrons. The number of benzene rings is 2. The Balaban J connectivity index is 0.000000198. The SMILES string of the molecule is O=C(O)c1ccccn1.[Ir].[c-]1c(-c2cc3c4c(cccc4n2)C=C3)oc2ccccc12. The molecule has 0 unspecified atom stereocenters. The molecule has 153 valence electrons. The second kappa shape index (κ2) is 8.64. The fourth-order valence-corrected chi connectivity index (χ4v) is 3.44. The van der Waals surface area contributed by atoms with Gasteiger partial charge in [0.05, 0.1) is 11.3 Å². The van der Waals surface area contributed by atoms with Crippen LogP contribution in [0.3, 0.4) is 0 Å². The molecule has 1 aliphatic carbocycles. The van der Waals surface area contributed by atoms with Gasteiger partial charge < -0.3 is 9.52 Å². The van der Waals surface area contributed by atoms with E-state index in [2.05, 4.69) is 35.3 Å². The van der Waals surface area contributed by atoms with Gasteiger partial charge in [0.1, 0.15) is 5.69 Å². The molecule has 0 saturated carbocycles. The van der Waals surface area contributed by atoms with E-state index in [4.69, 9.17) is 14.5 Å². The first-order valence-corrected chi connectivity index (χ1v) is 9.36. The van der Waals surface area contributed by atoms with Crippen LogP contribution in [0.1, 0.15) is 21.6 Å². The Morgan fingerprint density at radius 3 is 2.48 bits per heavy atom. The van der Waals surface area contributed by atoms with E-state index in [1.165, 1.54) is 28.8 Å². The molecular weight excluding hydrogens is 569 g/mol. The van der Waals surface area contributed by atoms with Gasteiger partial charge in [0, 0.05) is 43.0 Å². The molecule has 6 rings (SSSR count). The quantitative estimate of drug-likeness (QED) is 0.265. The summed E-state index contributed by atoms with van der Waals surface area (Å²) in [7, 11) is 0. The number of carboxylic acid groups (broad SMARTS) is 1. The molecule has 1 aliphatic rings. The first-order valence-electron chi connectivity index (χ1n) is 9.36. The van der Waals surface area contributed by atoms with Gasteiger partial charge in [-0.1, -0.05) is 54.6 Å². The van der Waals surface area contributed by atoms with Gasteiger partial charge in [0.25, 0.3) is 0 Å². The molecule has 0 bridgehead atoms. The maximum absolute atomic E-state index is 10.1. The average Bonchev–Trinajstić information content (AvgIpc) is 3.40. The van der Waals surface area contributed by atoms with Crippen molar-refractivity contribution in [3.8, 4) is 11.5 Å². The standard InChI is InChI=1S/C19H10NO.C6H5NO2.Ir/c1-2-7-17-13(4-1)11-18(21-17)16-10-14-9-8-12-5-3-6-15(20-16)19(12)14;8-6(9)5-3-1-2-4-7-5;/h1-10H;1-4H,(H,8,9);/q-1;;. The van der Waals surface area contributed by atoms with Gasteiger partial charge >= 0.3 is 5.97 Å². The van der Waals surface area contributed by atoms with Crippen LogP contribution < -0.4 is 0 Å². The molecule has 31 heavy (non-hydrogen) atoms. The summed E-state index contributed by atoms with van der Waals surface area (Å²) in [6.45, 7) is 0. The number of hydrogen-bond acceptors (Lipinski definition) is 4. The van der Waals surface area contributed by atoms with Crippen molar-refractivity contribution in [2.45, 2.75) is 0 Å². The van der Waals surface area contributed by atoms with Crippen molar-refractivity contribution < 1.29 is 34.4 Å². The maximum atomic E-state index is 10.1. The van der Waals surface area contributed by atoms with Crippen LogP contribution in [0.25, 0.3) is 45.5 Å². The Kier molecular flexibility index (Phi) is 5.76. The average molecular weight is 584 g/mol. The van der Waals surface area contributed by atoms with Crippen LogP contribution in [0, 0.1) is 6.07 Å². The van der Waals surface area contributed by atoms with E-state index in [9.17, 15) is 4.79 Å². The third-order valence-electron chi connectivity index (χ3n) is 4.80. The molecule has 3 aromatic heterocycles. The van der Waals surface area contributed by atoms with Crippen molar-refractivity contribution in [1.82, 2.24) is 9.97 Å². The maximum Gasteiger partial charge on any atom is 0.354 e. The third-order valence-corrected chi connectivity index (χ3v) is 4.80. The zero-order valence-corrected chi connectivity index (χ0v) is 18.5. The van der Waals surface area contributed by atoms with Crippen molar-refractivity contribution >= 4 is 40.0 Å². The molecule has 0 fully saturated rings. The van der Waals surface area contributed by atoms with E-state index in [-0.39, 0.29) is 25.8 Å². The summed E-state index contributed by atoms with van der Waals surface area (Å²) in [4.78, 5) is 18.5. The molecule has 0 amide bonds. The summed E-state index contributed by atoms with van der Waals surface area (Å²) in [5, 5.41) is 10.5. The number of carboxylic acids is 1. The van der Waals surface area contributed by atoms with Crippen molar-refractivity contribution in [2.24, 2.45) is 0 Å². The normalized spacial score (nSPS) is 11.1. The number of rotatable bonds is 2. The van der Waals surface area contributed by atoms with Gasteiger partial charge in [0.2, 0.25) is 0 Å². The summed E-state index contributed by atoms with van der Waals surface area (Å²) in [6, 6.07) is 24.2. The van der Waals surface area contributed by atoms with E-state index in [0.717, 1.165) is 22.2 Å². The fraction of sp³-hybridized carbons (Fsp3) is 0. The molecule has 5 nitrogen and oxygen atoms in total. The van der Waals surface area contributed by atoms with Crippen molar-refractivity contribution in [1.29, 1.82) is 0 Å². The minimum absolute atomic E-state index is 0. The molecular formula is C25H15IrN2O3-. The van der Waals surface area contributed by atoms with E-state index in [0.29, 0.717) is 5.76 Å². The van der Waals surface area contributed by atoms with Crippen LogP contribution in [-0.4, -0.2) is 21.0 Å². The molecule has 0 aliphatic heterocycles. The fourth-order valence-electron chi connectivity index (χ4n) is 3.44. The minimum atomic E-state index is -0.990. The van der Waals surface area contributed by atoms with E-state index in [1.54, 1.807) is 12.1 Å². The van der Waals surface area contributed by atoms with Crippen molar-refractivity contribution in [2.75, 3.05) is 0 Å². The smallest absolute Gasteiger partial charge is 0.354 e. The van der Waals surface area contributed by atoms with Crippen LogP contribution in [0.4, 0.5) is 0 Å². The van der Waals surface area contributed by atoms with E-state index >= 15 is 0 Å². The van der Waals surface area contributed by atoms with Crippen LogP contribution in [0.2, 0.25) is 0 Å². The van der Waals surface area contributed by atoms with Gasteiger partial charge in [-0.25, -0.2) is 9.78 Å². The Bertz CT molecular complexity index is 1390. The minimum Gasteiger partial charge on any atom is -0.518 e. The summed E-state index contributed by atoms with van der Waals surface area (Å²) < 4.78 is 5.88. The number of nitrogens with zero attached hydrogens (tertiary/aromatic N) is 2. The van der Waals surface area contributed by atoms with Crippen molar-refractivity contribution in [3.63, 3.8) is 0 Å². The number of aromatic nitrogens is 2. The number of pyridine rings is 2. The summed E-state index contributed by atoms with van der Waals surface area (Å²) in [5.41, 5.74) is 5.18. The summed E-state index contributed by atoms with van der Waals surface area (Å²) >= 11 is 0. The van der Waals surface area contributed by atoms with Crippen LogP contribution in [0.15, 0.2) is 77.3 Å². The Morgan fingerprint density at radius 2 is 1.74 bits per heavy atom. The monoisotopic (exact) mass is 584 g/mol. The van der Waals surface area contributed by atoms with Crippen molar-refractivity contribution in [3.05, 3.63) is 95.8 Å². The number of furan rings is 1. The van der Waals surface area contributed by atoms with E-state index < -0.39 is 5.97 Å². The molecule has 2 aromatic carbocycles. The van der Waals surface area contributed by atoms with Crippen LogP contribution >= 0.6 is 0 Å². The third kappa shape index (κ3) is 4.04. The Morgan fingerprint density at radius 1 is 0.935 bits per heavy atom. The first kappa shape index (κ1) is 20.7. The molecule has 5 aromatic rings. The predicted molar refractivity (Wildman–Crippen MR) is 116 cm³/mol. The Hall–Kier alpha value is -3.60. The Labute approximate surface area is 191 Å². The largest absolute Gasteiger partial charge is 0.518 e. The number of aromatic carboxylic acids is 1. The number of para-hydroxylation sites is 1. The predicted octanol–water partition coefficient (Wildman–Crippen LogP) is 5.71. The van der Waals surface area contributed by atoms with Crippen LogP contribution in [-0.2, 0) is 20.1 Å². The molecule has 0 atom stereocenters. The molecule has 0 saturated heterocycles. The molecule has 0 spiro atoms. The van der Waals surface area contributed by atoms with Gasteiger partial charge in [-0.2, -0.15) is 0 Å². The number of fused-ring (bicyclic) bond motifs is 1. The van der Waals surface area contributed by atoms with Crippen LogP contribution in [0.5, 0.6) is 0 Å². The zero-order chi connectivity index (χ0) is 20.5. The number of carbonyl (C=O) groups is 1. The van der Waals surface area contributed by atoms with Gasteiger partial charge in [-0.05, 0) is 29.3 Å².